The smallest absolute Gasteiger partial charge is 0.116 e. The van der Waals surface area contributed by atoms with Crippen LogP contribution in [0.25, 0.3) is 11.3 Å². The fourth-order valence-corrected chi connectivity index (χ4v) is 1.99. The second-order valence-corrected chi connectivity index (χ2v) is 4.40. The molecule has 0 saturated carbocycles. The molecule has 1 heterocycles. The highest BCUT2D eigenvalue weighted by molar-refractivity contribution is 7.79. The van der Waals surface area contributed by atoms with Gasteiger partial charge in [0.15, 0.2) is 0 Å². The Balaban J connectivity index is 2.52. The van der Waals surface area contributed by atoms with Crippen molar-refractivity contribution < 1.29 is 0 Å². The van der Waals surface area contributed by atoms with Crippen LogP contribution >= 0.6 is 12.6 Å². The maximum atomic E-state index is 4.27. The van der Waals surface area contributed by atoms with Gasteiger partial charge in [-0.25, -0.2) is 4.98 Å². The number of nitrogens with zero attached hydrogens (tertiary/aromatic N) is 1. The third-order valence-electron chi connectivity index (χ3n) is 3.13. The summed E-state index contributed by atoms with van der Waals surface area (Å²) in [4.78, 5) is 7.55. The quantitative estimate of drug-likeness (QED) is 0.763. The third kappa shape index (κ3) is 1.87. The largest absolute Gasteiger partial charge is 0.341 e. The Kier molecular flexibility index (Phi) is 3.06. The molecule has 0 saturated heterocycles. The number of benzene rings is 1. The molecule has 0 aliphatic heterocycles. The van der Waals surface area contributed by atoms with Crippen molar-refractivity contribution in [3.05, 3.63) is 40.8 Å². The Hall–Kier alpha value is -1.22. The van der Waals surface area contributed by atoms with Crippen LogP contribution in [0.15, 0.2) is 18.3 Å². The molecule has 0 fully saturated rings. The Bertz CT molecular complexity index is 515. The molecule has 2 aromatic rings. The SMILES string of the molecule is Cc1ccc(-c2cnc(CS)[nH]2)c(C)c1C. The van der Waals surface area contributed by atoms with Gasteiger partial charge < -0.3 is 4.98 Å². The molecule has 0 spiro atoms. The summed E-state index contributed by atoms with van der Waals surface area (Å²) >= 11 is 4.20. The van der Waals surface area contributed by atoms with E-state index in [2.05, 4.69) is 55.5 Å². The van der Waals surface area contributed by atoms with Gasteiger partial charge in [0.05, 0.1) is 11.9 Å². The van der Waals surface area contributed by atoms with E-state index >= 15 is 0 Å². The standard InChI is InChI=1S/C13H16N2S/c1-8-4-5-11(10(3)9(8)2)12-6-14-13(7-16)15-12/h4-6,16H,7H2,1-3H3,(H,14,15). The lowest BCUT2D eigenvalue weighted by Gasteiger charge is -2.09. The zero-order chi connectivity index (χ0) is 11.7. The molecule has 3 heteroatoms. The number of thiol groups is 1. The number of aromatic amines is 1. The van der Waals surface area contributed by atoms with Crippen LogP contribution in [0, 0.1) is 20.8 Å². The average Bonchev–Trinajstić information content (AvgIpc) is 2.74. The van der Waals surface area contributed by atoms with Crippen molar-refractivity contribution in [1.82, 2.24) is 9.97 Å². The van der Waals surface area contributed by atoms with Crippen molar-refractivity contribution in [2.75, 3.05) is 0 Å². The van der Waals surface area contributed by atoms with Crippen molar-refractivity contribution in [2.24, 2.45) is 0 Å². The molecule has 0 aliphatic rings. The zero-order valence-electron chi connectivity index (χ0n) is 9.83. The molecule has 0 atom stereocenters. The number of nitrogens with one attached hydrogen (secondary N) is 1. The molecule has 16 heavy (non-hydrogen) atoms. The summed E-state index contributed by atoms with van der Waals surface area (Å²) in [5.74, 6) is 1.56. The summed E-state index contributed by atoms with van der Waals surface area (Å²) in [6.07, 6.45) is 1.88. The van der Waals surface area contributed by atoms with E-state index in [1.165, 1.54) is 22.3 Å². The Labute approximate surface area is 102 Å². The second kappa shape index (κ2) is 4.34. The molecular weight excluding hydrogens is 216 g/mol. The van der Waals surface area contributed by atoms with Gasteiger partial charge in [-0.15, -0.1) is 0 Å². The molecule has 2 nitrogen and oxygen atoms in total. The predicted molar refractivity (Wildman–Crippen MR) is 70.9 cm³/mol. The average molecular weight is 232 g/mol. The second-order valence-electron chi connectivity index (χ2n) is 4.08. The minimum absolute atomic E-state index is 0.643. The van der Waals surface area contributed by atoms with Gasteiger partial charge in [0.25, 0.3) is 0 Å². The predicted octanol–water partition coefficient (Wildman–Crippen LogP) is 3.43. The van der Waals surface area contributed by atoms with Gasteiger partial charge in [-0.3, -0.25) is 0 Å². The zero-order valence-corrected chi connectivity index (χ0v) is 10.7. The molecule has 1 N–H and O–H groups in total. The summed E-state index contributed by atoms with van der Waals surface area (Å²) in [5.41, 5.74) is 6.29. The van der Waals surface area contributed by atoms with Crippen LogP contribution in [0.1, 0.15) is 22.5 Å². The van der Waals surface area contributed by atoms with E-state index in [1.54, 1.807) is 0 Å². The molecule has 1 aromatic heterocycles. The van der Waals surface area contributed by atoms with Crippen LogP contribution in [-0.2, 0) is 5.75 Å². The van der Waals surface area contributed by atoms with Crippen LogP contribution in [0.5, 0.6) is 0 Å². The summed E-state index contributed by atoms with van der Waals surface area (Å²) in [7, 11) is 0. The van der Waals surface area contributed by atoms with Crippen molar-refractivity contribution >= 4 is 12.6 Å². The molecule has 84 valence electrons. The number of hydrogen-bond donors (Lipinski definition) is 2. The van der Waals surface area contributed by atoms with E-state index in [4.69, 9.17) is 0 Å². The lowest BCUT2D eigenvalue weighted by Crippen LogP contribution is -1.91. The van der Waals surface area contributed by atoms with Crippen molar-refractivity contribution in [2.45, 2.75) is 26.5 Å². The van der Waals surface area contributed by atoms with Crippen molar-refractivity contribution in [3.8, 4) is 11.3 Å². The van der Waals surface area contributed by atoms with E-state index in [0.717, 1.165) is 11.5 Å². The number of H-pyrrole nitrogens is 1. The van der Waals surface area contributed by atoms with Gasteiger partial charge >= 0.3 is 0 Å². The first-order valence-electron chi connectivity index (χ1n) is 5.35. The van der Waals surface area contributed by atoms with Crippen LogP contribution in [-0.4, -0.2) is 9.97 Å². The normalized spacial score (nSPS) is 10.8. The lowest BCUT2D eigenvalue weighted by molar-refractivity contribution is 1.13. The van der Waals surface area contributed by atoms with Gasteiger partial charge in [-0.1, -0.05) is 12.1 Å². The molecular formula is C13H16N2S. The number of aryl methyl sites for hydroxylation is 1. The topological polar surface area (TPSA) is 28.7 Å². The number of hydrogen-bond acceptors (Lipinski definition) is 2. The summed E-state index contributed by atoms with van der Waals surface area (Å²) in [6.45, 7) is 6.45. The van der Waals surface area contributed by atoms with Gasteiger partial charge in [0, 0.05) is 11.3 Å². The van der Waals surface area contributed by atoms with Crippen LogP contribution in [0.4, 0.5) is 0 Å². The highest BCUT2D eigenvalue weighted by atomic mass is 32.1. The minimum Gasteiger partial charge on any atom is -0.341 e. The summed E-state index contributed by atoms with van der Waals surface area (Å²) < 4.78 is 0. The molecule has 0 bridgehead atoms. The van der Waals surface area contributed by atoms with Crippen LogP contribution in [0.3, 0.4) is 0 Å². The maximum absolute atomic E-state index is 4.27. The molecule has 0 unspecified atom stereocenters. The van der Waals surface area contributed by atoms with Crippen LogP contribution in [0.2, 0.25) is 0 Å². The number of rotatable bonds is 2. The molecule has 0 amide bonds. The maximum Gasteiger partial charge on any atom is 0.116 e. The Morgan fingerprint density at radius 1 is 1.19 bits per heavy atom. The third-order valence-corrected chi connectivity index (χ3v) is 3.43. The number of aromatic nitrogens is 2. The monoisotopic (exact) mass is 232 g/mol. The number of imidazole rings is 1. The van der Waals surface area contributed by atoms with Gasteiger partial charge in [0.1, 0.15) is 5.82 Å². The van der Waals surface area contributed by atoms with Gasteiger partial charge in [-0.2, -0.15) is 12.6 Å². The minimum atomic E-state index is 0.643. The first-order valence-corrected chi connectivity index (χ1v) is 5.98. The lowest BCUT2D eigenvalue weighted by atomic mass is 9.97. The van der Waals surface area contributed by atoms with E-state index in [-0.39, 0.29) is 0 Å². The first kappa shape index (κ1) is 11.3. The highest BCUT2D eigenvalue weighted by Crippen LogP contribution is 2.26. The molecule has 0 aliphatic carbocycles. The van der Waals surface area contributed by atoms with E-state index < -0.39 is 0 Å². The Morgan fingerprint density at radius 3 is 2.56 bits per heavy atom. The van der Waals surface area contributed by atoms with Crippen molar-refractivity contribution in [1.29, 1.82) is 0 Å². The highest BCUT2D eigenvalue weighted by Gasteiger charge is 2.08. The van der Waals surface area contributed by atoms with Crippen molar-refractivity contribution in [3.63, 3.8) is 0 Å². The summed E-state index contributed by atoms with van der Waals surface area (Å²) in [5, 5.41) is 0. The van der Waals surface area contributed by atoms with Gasteiger partial charge in [0.2, 0.25) is 0 Å². The first-order chi connectivity index (χ1) is 7.63. The fraction of sp³-hybridized carbons (Fsp3) is 0.308. The van der Waals surface area contributed by atoms with E-state index in [1.807, 2.05) is 6.20 Å². The van der Waals surface area contributed by atoms with Gasteiger partial charge in [-0.05, 0) is 37.5 Å². The van der Waals surface area contributed by atoms with E-state index in [0.29, 0.717) is 5.75 Å². The molecule has 1 aromatic carbocycles. The Morgan fingerprint density at radius 2 is 1.94 bits per heavy atom. The van der Waals surface area contributed by atoms with E-state index in [9.17, 15) is 0 Å². The molecule has 2 rings (SSSR count). The fourth-order valence-electron chi connectivity index (χ4n) is 1.83. The molecule has 0 radical (unpaired) electrons. The summed E-state index contributed by atoms with van der Waals surface area (Å²) in [6, 6.07) is 4.30. The van der Waals surface area contributed by atoms with Crippen LogP contribution < -0.4 is 0 Å².